The molecule has 4 aromatic rings. The second-order valence-electron chi connectivity index (χ2n) is 7.63. The van der Waals surface area contributed by atoms with E-state index >= 15 is 0 Å². The van der Waals surface area contributed by atoms with Crippen LogP contribution in [-0.4, -0.2) is 10.7 Å². The third-order valence-electron chi connectivity index (χ3n) is 5.93. The lowest BCUT2D eigenvalue weighted by Crippen LogP contribution is -2.03. The molecule has 1 saturated heterocycles. The molecule has 0 aromatic heterocycles. The topological polar surface area (TPSA) is 15.4 Å². The van der Waals surface area contributed by atoms with E-state index in [1.54, 1.807) is 0 Å². The van der Waals surface area contributed by atoms with Crippen molar-refractivity contribution in [3.05, 3.63) is 131 Å². The maximum atomic E-state index is 5.24. The summed E-state index contributed by atoms with van der Waals surface area (Å²) in [6.45, 7) is 0. The summed E-state index contributed by atoms with van der Waals surface area (Å²) in [5.41, 5.74) is 8.69. The monoisotopic (exact) mass is 372 g/mol. The average Bonchev–Trinajstić information content (AvgIpc) is 3.43. The first-order chi connectivity index (χ1) is 14.4. The summed E-state index contributed by atoms with van der Waals surface area (Å²) in [5.74, 6) is 0. The zero-order chi connectivity index (χ0) is 19.2. The van der Waals surface area contributed by atoms with Gasteiger partial charge in [0.05, 0.1) is 17.8 Å². The van der Waals surface area contributed by atoms with Crippen LogP contribution in [0.3, 0.4) is 0 Å². The summed E-state index contributed by atoms with van der Waals surface area (Å²) in [6, 6.07) is 39.1. The van der Waals surface area contributed by atoms with Gasteiger partial charge in [0.2, 0.25) is 0 Å². The Kier molecular flexibility index (Phi) is 3.63. The molecule has 0 saturated carbocycles. The third-order valence-corrected chi connectivity index (χ3v) is 5.93. The summed E-state index contributed by atoms with van der Waals surface area (Å²) in [5, 5.41) is 7.50. The molecule has 0 bridgehead atoms. The van der Waals surface area contributed by atoms with Crippen molar-refractivity contribution in [3.8, 4) is 11.1 Å². The van der Waals surface area contributed by atoms with Crippen LogP contribution in [0.4, 0.5) is 0 Å². The fourth-order valence-corrected chi connectivity index (χ4v) is 4.53. The second-order valence-corrected chi connectivity index (χ2v) is 7.63. The molecule has 138 valence electrons. The minimum atomic E-state index is 0.269. The molecule has 0 spiro atoms. The van der Waals surface area contributed by atoms with Gasteiger partial charge in [-0.2, -0.15) is 5.10 Å². The third kappa shape index (κ3) is 2.60. The van der Waals surface area contributed by atoms with E-state index in [9.17, 15) is 0 Å². The fraction of sp³-hybridized carbons (Fsp3) is 0.0741. The van der Waals surface area contributed by atoms with Gasteiger partial charge in [-0.05, 0) is 22.3 Å². The lowest BCUT2D eigenvalue weighted by Gasteiger charge is -2.05. The molecule has 2 heteroatoms. The summed E-state index contributed by atoms with van der Waals surface area (Å²) < 4.78 is 0. The molecule has 4 aromatic carbocycles. The Morgan fingerprint density at radius 2 is 0.828 bits per heavy atom. The Labute approximate surface area is 170 Å². The molecule has 29 heavy (non-hydrogen) atoms. The molecule has 1 fully saturated rings. The van der Waals surface area contributed by atoms with Gasteiger partial charge in [-0.1, -0.05) is 109 Å². The van der Waals surface area contributed by atoms with E-state index in [4.69, 9.17) is 5.10 Å². The van der Waals surface area contributed by atoms with E-state index in [2.05, 4.69) is 114 Å². The zero-order valence-electron chi connectivity index (χ0n) is 15.9. The maximum absolute atomic E-state index is 5.24. The quantitative estimate of drug-likeness (QED) is 0.343. The van der Waals surface area contributed by atoms with Crippen LogP contribution in [0.1, 0.15) is 34.3 Å². The molecule has 1 aliphatic carbocycles. The van der Waals surface area contributed by atoms with E-state index in [1.807, 2.05) is 0 Å². The van der Waals surface area contributed by atoms with E-state index in [-0.39, 0.29) is 12.1 Å². The molecule has 0 radical (unpaired) electrons. The smallest absolute Gasteiger partial charge is 0.0990 e. The number of hydrazone groups is 1. The van der Waals surface area contributed by atoms with Gasteiger partial charge in [0.15, 0.2) is 0 Å². The van der Waals surface area contributed by atoms with Gasteiger partial charge in [-0.25, -0.2) is 0 Å². The molecule has 2 aliphatic rings. The highest BCUT2D eigenvalue weighted by molar-refractivity contribution is 6.24. The van der Waals surface area contributed by atoms with Gasteiger partial charge >= 0.3 is 0 Å². The van der Waals surface area contributed by atoms with Crippen LogP contribution in [0.5, 0.6) is 0 Å². The molecule has 0 unspecified atom stereocenters. The Hall–Kier alpha value is -3.65. The van der Waals surface area contributed by atoms with Gasteiger partial charge in [0.1, 0.15) is 0 Å². The molecule has 1 heterocycles. The number of hydrogen-bond acceptors (Lipinski definition) is 2. The van der Waals surface area contributed by atoms with E-state index in [1.165, 1.54) is 33.4 Å². The first kappa shape index (κ1) is 16.3. The van der Waals surface area contributed by atoms with Crippen LogP contribution in [0.25, 0.3) is 11.1 Å². The van der Waals surface area contributed by atoms with Crippen molar-refractivity contribution >= 4 is 5.71 Å². The van der Waals surface area contributed by atoms with Gasteiger partial charge in [-0.3, -0.25) is 5.01 Å². The van der Waals surface area contributed by atoms with Gasteiger partial charge in [-0.15, -0.1) is 0 Å². The van der Waals surface area contributed by atoms with Crippen molar-refractivity contribution < 1.29 is 0 Å². The van der Waals surface area contributed by atoms with E-state index in [0.29, 0.717) is 0 Å². The Morgan fingerprint density at radius 1 is 0.448 bits per heavy atom. The highest BCUT2D eigenvalue weighted by atomic mass is 15.6. The Balaban J connectivity index is 1.48. The van der Waals surface area contributed by atoms with Crippen molar-refractivity contribution in [1.29, 1.82) is 0 Å². The predicted octanol–water partition coefficient (Wildman–Crippen LogP) is 6.22. The summed E-state index contributed by atoms with van der Waals surface area (Å²) in [6.07, 6.45) is 0. The lowest BCUT2D eigenvalue weighted by molar-refractivity contribution is 0.522. The SMILES string of the molecule is c1ccc([C@H]2[C@H](c3ccccc3)N2N=C2c3ccccc3-c3ccccc32)cc1. The molecule has 0 N–H and O–H groups in total. The minimum absolute atomic E-state index is 0.269. The highest BCUT2D eigenvalue weighted by Crippen LogP contribution is 2.55. The normalized spacial score (nSPS) is 18.9. The molecule has 0 amide bonds. The van der Waals surface area contributed by atoms with Crippen LogP contribution in [-0.2, 0) is 0 Å². The van der Waals surface area contributed by atoms with Crippen LogP contribution in [0, 0.1) is 0 Å². The van der Waals surface area contributed by atoms with Crippen LogP contribution < -0.4 is 0 Å². The first-order valence-corrected chi connectivity index (χ1v) is 10.1. The van der Waals surface area contributed by atoms with E-state index in [0.717, 1.165) is 5.71 Å². The largest absolute Gasteiger partial charge is 0.276 e. The zero-order valence-corrected chi connectivity index (χ0v) is 15.9. The standard InChI is InChI=1S/C27H20N2/c1-3-11-19(12-4-1)26-27(20-13-5-2-6-14-20)29(26)28-25-23-17-9-7-15-21(23)22-16-8-10-18-24(22)25/h1-18,26-27H/t26-,27-/m0/s1. The first-order valence-electron chi connectivity index (χ1n) is 10.1. The van der Waals surface area contributed by atoms with E-state index < -0.39 is 0 Å². The summed E-state index contributed by atoms with van der Waals surface area (Å²) in [7, 11) is 0. The molecule has 2 atom stereocenters. The van der Waals surface area contributed by atoms with Crippen LogP contribution >= 0.6 is 0 Å². The second kappa shape index (κ2) is 6.46. The summed E-state index contributed by atoms with van der Waals surface area (Å²) in [4.78, 5) is 0. The Bertz CT molecular complexity index is 1120. The van der Waals surface area contributed by atoms with Crippen LogP contribution in [0.15, 0.2) is 114 Å². The molecule has 2 nitrogen and oxygen atoms in total. The number of rotatable bonds is 3. The fourth-order valence-electron chi connectivity index (χ4n) is 4.53. The number of benzene rings is 4. The predicted molar refractivity (Wildman–Crippen MR) is 118 cm³/mol. The minimum Gasteiger partial charge on any atom is -0.276 e. The van der Waals surface area contributed by atoms with Crippen molar-refractivity contribution in [2.45, 2.75) is 12.1 Å². The highest BCUT2D eigenvalue weighted by Gasteiger charge is 2.50. The van der Waals surface area contributed by atoms with Gasteiger partial charge in [0.25, 0.3) is 0 Å². The number of nitrogens with zero attached hydrogens (tertiary/aromatic N) is 2. The Morgan fingerprint density at radius 3 is 1.28 bits per heavy atom. The van der Waals surface area contributed by atoms with Crippen molar-refractivity contribution in [3.63, 3.8) is 0 Å². The molecular weight excluding hydrogens is 352 g/mol. The van der Waals surface area contributed by atoms with Crippen molar-refractivity contribution in [2.75, 3.05) is 0 Å². The molecule has 1 aliphatic heterocycles. The molecular formula is C27H20N2. The number of hydrogen-bond donors (Lipinski definition) is 0. The van der Waals surface area contributed by atoms with Gasteiger partial charge in [0, 0.05) is 11.1 Å². The molecule has 6 rings (SSSR count). The van der Waals surface area contributed by atoms with Crippen molar-refractivity contribution in [2.24, 2.45) is 5.10 Å². The van der Waals surface area contributed by atoms with Crippen LogP contribution in [0.2, 0.25) is 0 Å². The van der Waals surface area contributed by atoms with Gasteiger partial charge < -0.3 is 0 Å². The lowest BCUT2D eigenvalue weighted by atomic mass is 10.0. The van der Waals surface area contributed by atoms with Crippen molar-refractivity contribution in [1.82, 2.24) is 5.01 Å². The summed E-state index contributed by atoms with van der Waals surface area (Å²) >= 11 is 0. The number of fused-ring (bicyclic) bond motifs is 3. The average molecular weight is 372 g/mol. The maximum Gasteiger partial charge on any atom is 0.0990 e.